The molecule has 2 aliphatic rings. The predicted octanol–water partition coefficient (Wildman–Crippen LogP) is 4.20. The zero-order chi connectivity index (χ0) is 21.1. The van der Waals surface area contributed by atoms with Crippen LogP contribution in [0.3, 0.4) is 0 Å². The topological polar surface area (TPSA) is 58.6 Å². The van der Waals surface area contributed by atoms with Crippen molar-refractivity contribution in [2.45, 2.75) is 64.7 Å². The Morgan fingerprint density at radius 2 is 1.77 bits per heavy atom. The van der Waals surface area contributed by atoms with Crippen LogP contribution in [0.5, 0.6) is 0 Å². The number of aryl methyl sites for hydroxylation is 2. The number of morpholine rings is 1. The maximum atomic E-state index is 12.8. The van der Waals surface area contributed by atoms with E-state index in [0.29, 0.717) is 25.2 Å². The molecule has 6 heteroatoms. The van der Waals surface area contributed by atoms with Gasteiger partial charge >= 0.3 is 0 Å². The second-order valence-electron chi connectivity index (χ2n) is 8.47. The van der Waals surface area contributed by atoms with E-state index >= 15 is 0 Å². The molecule has 1 aliphatic carbocycles. The Bertz CT molecular complexity index is 872. The number of amides is 2. The van der Waals surface area contributed by atoms with E-state index in [4.69, 9.17) is 4.74 Å². The Hall–Kier alpha value is -2.18. The lowest BCUT2D eigenvalue weighted by molar-refractivity contribution is -0.0586. The van der Waals surface area contributed by atoms with Crippen molar-refractivity contribution in [1.82, 2.24) is 10.2 Å². The number of carbonyl (C=O) groups is 2. The Kier molecular flexibility index (Phi) is 6.54. The van der Waals surface area contributed by atoms with Crippen LogP contribution in [0.4, 0.5) is 0 Å². The lowest BCUT2D eigenvalue weighted by Gasteiger charge is -2.35. The fraction of sp³-hybridized carbons (Fsp3) is 0.500. The van der Waals surface area contributed by atoms with E-state index in [1.165, 1.54) is 29.7 Å². The minimum atomic E-state index is -0.00971. The molecule has 2 atom stereocenters. The maximum absolute atomic E-state index is 12.8. The van der Waals surface area contributed by atoms with Crippen molar-refractivity contribution in [1.29, 1.82) is 0 Å². The molecule has 1 saturated heterocycles. The van der Waals surface area contributed by atoms with Crippen LogP contribution < -0.4 is 5.32 Å². The maximum Gasteiger partial charge on any atom is 0.261 e. The van der Waals surface area contributed by atoms with E-state index in [0.717, 1.165) is 23.3 Å². The molecule has 2 amide bonds. The zero-order valence-corrected chi connectivity index (χ0v) is 18.6. The molecule has 0 bridgehead atoms. The third-order valence-corrected chi connectivity index (χ3v) is 7.07. The van der Waals surface area contributed by atoms with E-state index in [2.05, 4.69) is 11.4 Å². The highest BCUT2D eigenvalue weighted by atomic mass is 32.1. The van der Waals surface area contributed by atoms with E-state index in [-0.39, 0.29) is 24.0 Å². The molecule has 0 radical (unpaired) electrons. The summed E-state index contributed by atoms with van der Waals surface area (Å²) >= 11 is 1.64. The van der Waals surface area contributed by atoms with Gasteiger partial charge in [-0.05, 0) is 68.9 Å². The number of nitrogens with one attached hydrogen (secondary N) is 1. The van der Waals surface area contributed by atoms with Crippen LogP contribution in [-0.2, 0) is 24.1 Å². The van der Waals surface area contributed by atoms with Gasteiger partial charge < -0.3 is 15.0 Å². The van der Waals surface area contributed by atoms with Crippen molar-refractivity contribution in [2.24, 2.45) is 0 Å². The fourth-order valence-corrected chi connectivity index (χ4v) is 5.51. The molecule has 5 nitrogen and oxygen atoms in total. The van der Waals surface area contributed by atoms with Crippen LogP contribution >= 0.6 is 11.3 Å². The van der Waals surface area contributed by atoms with Gasteiger partial charge in [-0.25, -0.2) is 0 Å². The second-order valence-corrected chi connectivity index (χ2v) is 9.60. The lowest BCUT2D eigenvalue weighted by atomic mass is 10.1. The van der Waals surface area contributed by atoms with Crippen molar-refractivity contribution >= 4 is 23.2 Å². The molecule has 0 spiro atoms. The van der Waals surface area contributed by atoms with E-state index in [1.807, 2.05) is 43.0 Å². The minimum Gasteiger partial charge on any atom is -0.372 e. The first-order chi connectivity index (χ1) is 14.5. The molecule has 2 heterocycles. The molecule has 1 aromatic heterocycles. The van der Waals surface area contributed by atoms with Crippen molar-refractivity contribution in [3.63, 3.8) is 0 Å². The van der Waals surface area contributed by atoms with E-state index in [1.54, 1.807) is 11.3 Å². The number of thiophene rings is 1. The Morgan fingerprint density at radius 1 is 1.07 bits per heavy atom. The van der Waals surface area contributed by atoms with E-state index in [9.17, 15) is 9.59 Å². The molecule has 1 aromatic carbocycles. The zero-order valence-electron chi connectivity index (χ0n) is 17.8. The third kappa shape index (κ3) is 4.93. The van der Waals surface area contributed by atoms with Crippen molar-refractivity contribution in [3.05, 3.63) is 56.8 Å². The second kappa shape index (κ2) is 9.31. The van der Waals surface area contributed by atoms with Gasteiger partial charge in [0.1, 0.15) is 0 Å². The first-order valence-corrected chi connectivity index (χ1v) is 11.7. The Labute approximate surface area is 182 Å². The Morgan fingerprint density at radius 3 is 2.50 bits per heavy atom. The van der Waals surface area contributed by atoms with Crippen molar-refractivity contribution < 1.29 is 14.3 Å². The molecule has 160 valence electrons. The standard InChI is InChI=1S/C24H30N2O3S/c1-16-14-26(15-17(2)29-16)24(28)19-10-8-18(9-11-19)13-25-23(27)22-12-20-6-4-3-5-7-21(20)30-22/h8-12,16-17H,3-7,13-15H2,1-2H3,(H,25,27)/t16-,17-/m1/s1. The summed E-state index contributed by atoms with van der Waals surface area (Å²) < 4.78 is 5.71. The molecule has 1 N–H and O–H groups in total. The Balaban J connectivity index is 1.33. The van der Waals surface area contributed by atoms with Gasteiger partial charge in [0, 0.05) is 30.1 Å². The summed E-state index contributed by atoms with van der Waals surface area (Å²) in [6.07, 6.45) is 6.03. The highest BCUT2D eigenvalue weighted by molar-refractivity contribution is 7.14. The summed E-state index contributed by atoms with van der Waals surface area (Å²) in [5, 5.41) is 3.02. The number of rotatable bonds is 4. The highest BCUT2D eigenvalue weighted by Crippen LogP contribution is 2.29. The summed E-state index contributed by atoms with van der Waals surface area (Å²) in [5.41, 5.74) is 3.02. The molecule has 0 saturated carbocycles. The van der Waals surface area contributed by atoms with Gasteiger partial charge in [-0.2, -0.15) is 0 Å². The molecule has 2 aromatic rings. The predicted molar refractivity (Wildman–Crippen MR) is 119 cm³/mol. The monoisotopic (exact) mass is 426 g/mol. The number of fused-ring (bicyclic) bond motifs is 1. The average molecular weight is 427 g/mol. The van der Waals surface area contributed by atoms with Gasteiger partial charge in [0.25, 0.3) is 11.8 Å². The van der Waals surface area contributed by atoms with E-state index < -0.39 is 0 Å². The van der Waals surface area contributed by atoms with Crippen molar-refractivity contribution in [2.75, 3.05) is 13.1 Å². The first kappa shape index (κ1) is 21.1. The van der Waals surface area contributed by atoms with Crippen LogP contribution in [0.2, 0.25) is 0 Å². The van der Waals surface area contributed by atoms with Crippen LogP contribution in [0, 0.1) is 0 Å². The van der Waals surface area contributed by atoms with Crippen LogP contribution in [-0.4, -0.2) is 42.0 Å². The molecule has 1 aliphatic heterocycles. The summed E-state index contributed by atoms with van der Waals surface area (Å²) in [6, 6.07) is 9.62. The van der Waals surface area contributed by atoms with Gasteiger partial charge in [-0.3, -0.25) is 9.59 Å². The van der Waals surface area contributed by atoms with Crippen molar-refractivity contribution in [3.8, 4) is 0 Å². The summed E-state index contributed by atoms with van der Waals surface area (Å²) in [6.45, 7) is 5.68. The summed E-state index contributed by atoms with van der Waals surface area (Å²) in [4.78, 5) is 29.4. The number of hydrogen-bond donors (Lipinski definition) is 1. The average Bonchev–Trinajstić information content (AvgIpc) is 3.02. The number of ether oxygens (including phenoxy) is 1. The van der Waals surface area contributed by atoms with Crippen LogP contribution in [0.15, 0.2) is 30.3 Å². The fourth-order valence-electron chi connectivity index (χ4n) is 4.34. The number of benzene rings is 1. The van der Waals surface area contributed by atoms with Crippen LogP contribution in [0.1, 0.15) is 69.1 Å². The van der Waals surface area contributed by atoms with Gasteiger partial charge in [0.05, 0.1) is 17.1 Å². The number of carbonyl (C=O) groups excluding carboxylic acids is 2. The van der Waals surface area contributed by atoms with Gasteiger partial charge in [0.15, 0.2) is 0 Å². The largest absolute Gasteiger partial charge is 0.372 e. The highest BCUT2D eigenvalue weighted by Gasteiger charge is 2.26. The number of hydrogen-bond acceptors (Lipinski definition) is 4. The first-order valence-electron chi connectivity index (χ1n) is 10.9. The SMILES string of the molecule is C[C@@H]1CN(C(=O)c2ccc(CNC(=O)c3cc4c(s3)CCCCC4)cc2)C[C@@H](C)O1. The molecular weight excluding hydrogens is 396 g/mol. The molecular formula is C24H30N2O3S. The molecule has 30 heavy (non-hydrogen) atoms. The van der Waals surface area contributed by atoms with Gasteiger partial charge in [-0.15, -0.1) is 11.3 Å². The normalized spacial score (nSPS) is 21.6. The van der Waals surface area contributed by atoms with Crippen LogP contribution in [0.25, 0.3) is 0 Å². The molecule has 1 fully saturated rings. The molecule has 4 rings (SSSR count). The lowest BCUT2D eigenvalue weighted by Crippen LogP contribution is -2.48. The van der Waals surface area contributed by atoms with Gasteiger partial charge in [-0.1, -0.05) is 18.6 Å². The smallest absolute Gasteiger partial charge is 0.261 e. The van der Waals surface area contributed by atoms with Gasteiger partial charge in [0.2, 0.25) is 0 Å². The quantitative estimate of drug-likeness (QED) is 0.746. The minimum absolute atomic E-state index is 0.00971. The third-order valence-electron chi connectivity index (χ3n) is 5.83. The molecule has 0 unspecified atom stereocenters. The number of nitrogens with zero attached hydrogens (tertiary/aromatic N) is 1. The summed E-state index contributed by atoms with van der Waals surface area (Å²) in [7, 11) is 0. The summed E-state index contributed by atoms with van der Waals surface area (Å²) in [5.74, 6) is 0.0252.